The highest BCUT2D eigenvalue weighted by Crippen LogP contribution is 2.49. The number of piperidine rings is 1. The number of Topliss-reactive ketones (excluding diaryl/α,β-unsaturated/α-hetero) is 1. The van der Waals surface area contributed by atoms with E-state index in [1.54, 1.807) is 7.11 Å². The van der Waals surface area contributed by atoms with E-state index in [1.807, 2.05) is 0 Å². The summed E-state index contributed by atoms with van der Waals surface area (Å²) < 4.78 is 5.50. The van der Waals surface area contributed by atoms with Gasteiger partial charge in [-0.05, 0) is 31.1 Å². The van der Waals surface area contributed by atoms with Crippen LogP contribution in [0.4, 0.5) is 10.7 Å². The Balaban J connectivity index is 1.88. The van der Waals surface area contributed by atoms with Crippen molar-refractivity contribution in [1.82, 2.24) is 0 Å². The number of nitrogen functional groups attached to an aromatic ring is 1. The molecule has 0 spiro atoms. The molecule has 1 saturated heterocycles. The van der Waals surface area contributed by atoms with Crippen molar-refractivity contribution in [3.63, 3.8) is 0 Å². The first-order valence-corrected chi connectivity index (χ1v) is 8.50. The van der Waals surface area contributed by atoms with Gasteiger partial charge in [-0.3, -0.25) is 4.79 Å². The molecular formula is C16H24N2O2S. The third kappa shape index (κ3) is 2.76. The Morgan fingerprint density at radius 3 is 2.48 bits per heavy atom. The van der Waals surface area contributed by atoms with Crippen LogP contribution in [0.25, 0.3) is 0 Å². The van der Waals surface area contributed by atoms with Gasteiger partial charge in [0.1, 0.15) is 5.00 Å². The van der Waals surface area contributed by atoms with Gasteiger partial charge in [0.2, 0.25) is 0 Å². The first-order chi connectivity index (χ1) is 9.93. The van der Waals surface area contributed by atoms with Gasteiger partial charge < -0.3 is 15.4 Å². The number of nitrogens with zero attached hydrogens (tertiary/aromatic N) is 1. The summed E-state index contributed by atoms with van der Waals surface area (Å²) in [5, 5.41) is 1.04. The first kappa shape index (κ1) is 14.7. The molecule has 2 heterocycles. The van der Waals surface area contributed by atoms with Crippen LogP contribution in [0.3, 0.4) is 0 Å². The van der Waals surface area contributed by atoms with Gasteiger partial charge in [0.05, 0.1) is 17.7 Å². The zero-order chi connectivity index (χ0) is 15.2. The standard InChI is InChI=1S/C16H24N2O2S/c1-16(2)6-8-18(9-7-16)15-13(20-3)11(17)14(21-15)12(19)10-4-5-10/h10H,4-9,17H2,1-3H3. The van der Waals surface area contributed by atoms with Crippen LogP contribution in [0.15, 0.2) is 0 Å². The number of carbonyl (C=O) groups is 1. The summed E-state index contributed by atoms with van der Waals surface area (Å²) in [6, 6.07) is 0. The third-order valence-electron chi connectivity index (χ3n) is 4.66. The number of nitrogens with two attached hydrogens (primary N) is 1. The monoisotopic (exact) mass is 308 g/mol. The summed E-state index contributed by atoms with van der Waals surface area (Å²) in [7, 11) is 1.64. The predicted octanol–water partition coefficient (Wildman–Crippen LogP) is 3.56. The molecule has 0 radical (unpaired) electrons. The number of ether oxygens (including phenoxy) is 1. The summed E-state index contributed by atoms with van der Waals surface area (Å²) in [5.41, 5.74) is 7.12. The molecule has 116 valence electrons. The van der Waals surface area contributed by atoms with Crippen molar-refractivity contribution in [2.75, 3.05) is 30.8 Å². The molecule has 0 unspecified atom stereocenters. The third-order valence-corrected chi connectivity index (χ3v) is 5.92. The SMILES string of the molecule is COc1c(N2CCC(C)(C)CC2)sc(C(=O)C2CC2)c1N. The first-order valence-electron chi connectivity index (χ1n) is 7.68. The van der Waals surface area contributed by atoms with E-state index >= 15 is 0 Å². The molecule has 1 aromatic heterocycles. The van der Waals surface area contributed by atoms with Gasteiger partial charge >= 0.3 is 0 Å². The van der Waals surface area contributed by atoms with Gasteiger partial charge in [-0.2, -0.15) is 0 Å². The number of hydrogen-bond acceptors (Lipinski definition) is 5. The highest BCUT2D eigenvalue weighted by Gasteiger charge is 2.36. The van der Waals surface area contributed by atoms with E-state index < -0.39 is 0 Å². The van der Waals surface area contributed by atoms with Crippen molar-refractivity contribution >= 4 is 27.8 Å². The average Bonchev–Trinajstić information content (AvgIpc) is 3.23. The van der Waals surface area contributed by atoms with Gasteiger partial charge in [0, 0.05) is 19.0 Å². The fraction of sp³-hybridized carbons (Fsp3) is 0.688. The summed E-state index contributed by atoms with van der Waals surface area (Å²) >= 11 is 1.52. The number of rotatable bonds is 4. The van der Waals surface area contributed by atoms with E-state index in [9.17, 15) is 4.79 Å². The minimum absolute atomic E-state index is 0.198. The van der Waals surface area contributed by atoms with Crippen LogP contribution < -0.4 is 15.4 Å². The molecule has 3 rings (SSSR count). The van der Waals surface area contributed by atoms with E-state index in [2.05, 4.69) is 18.7 Å². The smallest absolute Gasteiger partial charge is 0.178 e. The molecule has 0 amide bonds. The summed E-state index contributed by atoms with van der Waals surface area (Å²) in [4.78, 5) is 15.4. The number of methoxy groups -OCH3 is 1. The molecular weight excluding hydrogens is 284 g/mol. The molecule has 0 aromatic carbocycles. The number of hydrogen-bond donors (Lipinski definition) is 1. The number of thiophene rings is 1. The average molecular weight is 308 g/mol. The van der Waals surface area contributed by atoms with Crippen molar-refractivity contribution in [3.8, 4) is 5.75 Å². The second-order valence-corrected chi connectivity index (χ2v) is 7.97. The minimum Gasteiger partial charge on any atom is -0.492 e. The Labute approximate surface area is 130 Å². The van der Waals surface area contributed by atoms with Crippen molar-refractivity contribution in [2.45, 2.75) is 39.5 Å². The van der Waals surface area contributed by atoms with Crippen LogP contribution in [0, 0.1) is 11.3 Å². The van der Waals surface area contributed by atoms with Crippen LogP contribution in [-0.2, 0) is 0 Å². The van der Waals surface area contributed by atoms with Gasteiger partial charge in [0.15, 0.2) is 11.5 Å². The van der Waals surface area contributed by atoms with Gasteiger partial charge in [0.25, 0.3) is 0 Å². The topological polar surface area (TPSA) is 55.6 Å². The zero-order valence-electron chi connectivity index (χ0n) is 13.1. The van der Waals surface area contributed by atoms with Gasteiger partial charge in [-0.15, -0.1) is 11.3 Å². The van der Waals surface area contributed by atoms with Crippen LogP contribution in [0.5, 0.6) is 5.75 Å². The molecule has 21 heavy (non-hydrogen) atoms. The Morgan fingerprint density at radius 1 is 1.33 bits per heavy atom. The van der Waals surface area contributed by atoms with Crippen LogP contribution in [0.2, 0.25) is 0 Å². The maximum atomic E-state index is 12.4. The fourth-order valence-corrected chi connectivity index (χ4v) is 4.11. The predicted molar refractivity (Wildman–Crippen MR) is 87.6 cm³/mol. The van der Waals surface area contributed by atoms with Crippen molar-refractivity contribution in [2.24, 2.45) is 11.3 Å². The van der Waals surface area contributed by atoms with E-state index in [1.165, 1.54) is 11.3 Å². The van der Waals surface area contributed by atoms with Crippen LogP contribution in [0.1, 0.15) is 49.2 Å². The van der Waals surface area contributed by atoms with Crippen LogP contribution >= 0.6 is 11.3 Å². The van der Waals surface area contributed by atoms with Gasteiger partial charge in [-0.25, -0.2) is 0 Å². The maximum absolute atomic E-state index is 12.4. The molecule has 2 fully saturated rings. The fourth-order valence-electron chi connectivity index (χ4n) is 2.85. The molecule has 2 aliphatic rings. The Bertz CT molecular complexity index is 551. The highest BCUT2D eigenvalue weighted by atomic mass is 32.1. The van der Waals surface area contributed by atoms with Crippen LogP contribution in [-0.4, -0.2) is 26.0 Å². The van der Waals surface area contributed by atoms with E-state index in [0.29, 0.717) is 21.7 Å². The normalized spacial score (nSPS) is 21.4. The Hall–Kier alpha value is -1.23. The second kappa shape index (κ2) is 5.20. The van der Waals surface area contributed by atoms with Gasteiger partial charge in [-0.1, -0.05) is 13.8 Å². The molecule has 1 aliphatic heterocycles. The lowest BCUT2D eigenvalue weighted by atomic mass is 9.83. The van der Waals surface area contributed by atoms with Crippen molar-refractivity contribution in [1.29, 1.82) is 0 Å². The lowest BCUT2D eigenvalue weighted by molar-refractivity contribution is 0.0972. The zero-order valence-corrected chi connectivity index (χ0v) is 13.9. The quantitative estimate of drug-likeness (QED) is 0.864. The van der Waals surface area contributed by atoms with E-state index in [-0.39, 0.29) is 11.7 Å². The molecule has 0 atom stereocenters. The summed E-state index contributed by atoms with van der Waals surface area (Å²) in [6.45, 7) is 6.62. The number of ketones is 1. The molecule has 1 aromatic rings. The molecule has 1 aliphatic carbocycles. The number of anilines is 2. The maximum Gasteiger partial charge on any atom is 0.178 e. The number of carbonyl (C=O) groups excluding carboxylic acids is 1. The molecule has 2 N–H and O–H groups in total. The highest BCUT2D eigenvalue weighted by molar-refractivity contribution is 7.19. The molecule has 1 saturated carbocycles. The Kier molecular flexibility index (Phi) is 3.64. The molecule has 4 nitrogen and oxygen atoms in total. The van der Waals surface area contributed by atoms with Crippen molar-refractivity contribution in [3.05, 3.63) is 4.88 Å². The van der Waals surface area contributed by atoms with E-state index in [4.69, 9.17) is 10.5 Å². The minimum atomic E-state index is 0.198. The Morgan fingerprint density at radius 2 is 1.95 bits per heavy atom. The lowest BCUT2D eigenvalue weighted by Gasteiger charge is -2.37. The molecule has 0 bridgehead atoms. The van der Waals surface area contributed by atoms with E-state index in [0.717, 1.165) is 43.8 Å². The lowest BCUT2D eigenvalue weighted by Crippen LogP contribution is -2.37. The summed E-state index contributed by atoms with van der Waals surface area (Å²) in [6.07, 6.45) is 4.32. The summed E-state index contributed by atoms with van der Waals surface area (Å²) in [5.74, 6) is 1.10. The van der Waals surface area contributed by atoms with Crippen molar-refractivity contribution < 1.29 is 9.53 Å². The second-order valence-electron chi connectivity index (χ2n) is 6.97. The molecule has 5 heteroatoms. The largest absolute Gasteiger partial charge is 0.492 e.